The normalized spacial score (nSPS) is 47.9. The molecule has 1 N–H and O–H groups in total. The minimum Gasteiger partial charge on any atom is -0.353 e. The monoisotopic (exact) mass is 237 g/mol. The number of nitrogens with one attached hydrogen (secondary N) is 1. The van der Waals surface area contributed by atoms with Crippen LogP contribution in [0.15, 0.2) is 0 Å². The van der Waals surface area contributed by atoms with E-state index in [2.05, 4.69) is 22.0 Å². The first-order chi connectivity index (χ1) is 8.13. The molecule has 0 spiro atoms. The zero-order valence-corrected chi connectivity index (χ0v) is 10.9. The van der Waals surface area contributed by atoms with Gasteiger partial charge in [0, 0.05) is 63.6 Å². The second-order valence-electron chi connectivity index (χ2n) is 6.12. The van der Waals surface area contributed by atoms with E-state index in [4.69, 9.17) is 0 Å². The van der Waals surface area contributed by atoms with Gasteiger partial charge in [0.2, 0.25) is 5.91 Å². The molecule has 4 rings (SSSR count). The summed E-state index contributed by atoms with van der Waals surface area (Å²) in [6.45, 7) is 11.0. The number of rotatable bonds is 2. The van der Waals surface area contributed by atoms with Gasteiger partial charge in [0.15, 0.2) is 0 Å². The number of hydrogen-bond donors (Lipinski definition) is 1. The zero-order valence-electron chi connectivity index (χ0n) is 10.9. The molecule has 0 aliphatic carbocycles. The molecule has 17 heavy (non-hydrogen) atoms. The van der Waals surface area contributed by atoms with Crippen LogP contribution in [0.5, 0.6) is 0 Å². The lowest BCUT2D eigenvalue weighted by molar-refractivity contribution is -0.124. The smallest absolute Gasteiger partial charge is 0.217 e. The Morgan fingerprint density at radius 2 is 1.88 bits per heavy atom. The van der Waals surface area contributed by atoms with Crippen molar-refractivity contribution >= 4 is 5.91 Å². The number of carbonyl (C=O) groups is 1. The fourth-order valence-electron chi connectivity index (χ4n) is 4.26. The Morgan fingerprint density at radius 1 is 1.29 bits per heavy atom. The molecule has 0 saturated carbocycles. The van der Waals surface area contributed by atoms with E-state index in [0.717, 1.165) is 0 Å². The van der Waals surface area contributed by atoms with Crippen molar-refractivity contribution in [1.82, 2.24) is 15.1 Å². The molecule has 4 heterocycles. The van der Waals surface area contributed by atoms with E-state index in [1.807, 2.05) is 0 Å². The number of fused-ring (bicyclic) bond motifs is 1. The highest BCUT2D eigenvalue weighted by atomic mass is 16.1. The lowest BCUT2D eigenvalue weighted by atomic mass is 9.66. The molecule has 4 heteroatoms. The number of piperidine rings is 2. The molecule has 3 atom stereocenters. The number of hydrogen-bond acceptors (Lipinski definition) is 3. The number of nitrogens with zero attached hydrogens (tertiary/aromatic N) is 2. The predicted octanol–water partition coefficient (Wildman–Crippen LogP) is 0.149. The molecule has 4 aliphatic heterocycles. The second-order valence-corrected chi connectivity index (χ2v) is 6.12. The third-order valence-electron chi connectivity index (χ3n) is 4.99. The molecule has 0 aromatic rings. The highest BCUT2D eigenvalue weighted by molar-refractivity contribution is 5.73. The molecule has 0 aromatic heterocycles. The van der Waals surface area contributed by atoms with Gasteiger partial charge in [-0.3, -0.25) is 4.79 Å². The molecule has 0 aromatic carbocycles. The second kappa shape index (κ2) is 3.95. The summed E-state index contributed by atoms with van der Waals surface area (Å²) in [5, 5.41) is 3.25. The first kappa shape index (κ1) is 11.5. The van der Waals surface area contributed by atoms with Crippen LogP contribution in [0.3, 0.4) is 0 Å². The minimum absolute atomic E-state index is 0.138. The third-order valence-corrected chi connectivity index (χ3v) is 4.99. The van der Waals surface area contributed by atoms with E-state index in [0.29, 0.717) is 17.4 Å². The first-order valence-corrected chi connectivity index (χ1v) is 6.85. The van der Waals surface area contributed by atoms with Gasteiger partial charge in [-0.2, -0.15) is 0 Å². The SMILES string of the molecule is CCC12CN3CCN(CC(C3)[C@H]1NC(C)=O)C2. The molecule has 4 saturated heterocycles. The molecule has 4 nitrogen and oxygen atoms in total. The van der Waals surface area contributed by atoms with Crippen molar-refractivity contribution in [3.63, 3.8) is 0 Å². The van der Waals surface area contributed by atoms with Crippen molar-refractivity contribution in [3.8, 4) is 0 Å². The summed E-state index contributed by atoms with van der Waals surface area (Å²) in [7, 11) is 0. The maximum absolute atomic E-state index is 11.4. The zero-order chi connectivity index (χ0) is 12.0. The van der Waals surface area contributed by atoms with Crippen molar-refractivity contribution in [2.75, 3.05) is 39.3 Å². The van der Waals surface area contributed by atoms with E-state index in [9.17, 15) is 4.79 Å². The van der Waals surface area contributed by atoms with Gasteiger partial charge in [-0.1, -0.05) is 6.92 Å². The van der Waals surface area contributed by atoms with E-state index in [-0.39, 0.29) is 5.91 Å². The van der Waals surface area contributed by atoms with Gasteiger partial charge in [0.05, 0.1) is 0 Å². The van der Waals surface area contributed by atoms with Crippen LogP contribution < -0.4 is 5.32 Å². The number of amides is 1. The van der Waals surface area contributed by atoms with Gasteiger partial charge < -0.3 is 15.1 Å². The molecule has 4 aliphatic rings. The van der Waals surface area contributed by atoms with Crippen LogP contribution in [0.2, 0.25) is 0 Å². The fourth-order valence-corrected chi connectivity index (χ4v) is 4.26. The molecule has 4 fully saturated rings. The lowest BCUT2D eigenvalue weighted by Crippen LogP contribution is -2.68. The van der Waals surface area contributed by atoms with Gasteiger partial charge in [0.25, 0.3) is 0 Å². The van der Waals surface area contributed by atoms with Gasteiger partial charge in [-0.15, -0.1) is 0 Å². The van der Waals surface area contributed by atoms with E-state index in [1.54, 1.807) is 6.92 Å². The summed E-state index contributed by atoms with van der Waals surface area (Å²) < 4.78 is 0. The molecule has 0 radical (unpaired) electrons. The Labute approximate surface area is 103 Å². The number of carbonyl (C=O) groups excluding carboxylic acids is 1. The van der Waals surface area contributed by atoms with Crippen LogP contribution in [-0.2, 0) is 4.79 Å². The van der Waals surface area contributed by atoms with Crippen LogP contribution in [-0.4, -0.2) is 61.0 Å². The Morgan fingerprint density at radius 3 is 2.35 bits per heavy atom. The summed E-state index contributed by atoms with van der Waals surface area (Å²) in [5.41, 5.74) is 0.295. The largest absolute Gasteiger partial charge is 0.353 e. The Balaban J connectivity index is 1.92. The standard InChI is InChI=1S/C13H23N3O/c1-3-13-8-15-4-5-16(9-13)7-11(6-15)12(13)14-10(2)17/h11-12H,3-9H2,1-2H3,(H,14,17)/t11?,12-,13?/m1/s1. The van der Waals surface area contributed by atoms with Crippen molar-refractivity contribution < 1.29 is 4.79 Å². The topological polar surface area (TPSA) is 35.6 Å². The summed E-state index contributed by atoms with van der Waals surface area (Å²) in [5.74, 6) is 0.767. The van der Waals surface area contributed by atoms with E-state index in [1.165, 1.54) is 45.7 Å². The van der Waals surface area contributed by atoms with Crippen molar-refractivity contribution in [3.05, 3.63) is 0 Å². The molecular weight excluding hydrogens is 214 g/mol. The van der Waals surface area contributed by atoms with Crippen molar-refractivity contribution in [1.29, 1.82) is 0 Å². The molecule has 4 bridgehead atoms. The van der Waals surface area contributed by atoms with Crippen LogP contribution in [0.1, 0.15) is 20.3 Å². The van der Waals surface area contributed by atoms with Gasteiger partial charge in [0.1, 0.15) is 0 Å². The van der Waals surface area contributed by atoms with Crippen molar-refractivity contribution in [2.24, 2.45) is 11.3 Å². The van der Waals surface area contributed by atoms with E-state index >= 15 is 0 Å². The highest BCUT2D eigenvalue weighted by Crippen LogP contribution is 2.42. The Bertz CT molecular complexity index is 315. The van der Waals surface area contributed by atoms with Crippen LogP contribution in [0, 0.1) is 11.3 Å². The predicted molar refractivity (Wildman–Crippen MR) is 66.7 cm³/mol. The minimum atomic E-state index is 0.138. The molecule has 96 valence electrons. The van der Waals surface area contributed by atoms with Crippen molar-refractivity contribution in [2.45, 2.75) is 26.3 Å². The van der Waals surface area contributed by atoms with E-state index < -0.39 is 0 Å². The van der Waals surface area contributed by atoms with Crippen LogP contribution in [0.4, 0.5) is 0 Å². The third kappa shape index (κ3) is 1.78. The van der Waals surface area contributed by atoms with Crippen LogP contribution in [0.25, 0.3) is 0 Å². The van der Waals surface area contributed by atoms with Crippen LogP contribution >= 0.6 is 0 Å². The van der Waals surface area contributed by atoms with Gasteiger partial charge >= 0.3 is 0 Å². The molecule has 2 unspecified atom stereocenters. The Kier molecular flexibility index (Phi) is 2.67. The molecular formula is C13H23N3O. The average Bonchev–Trinajstić information content (AvgIpc) is 2.51. The Hall–Kier alpha value is -0.610. The molecule has 1 amide bonds. The van der Waals surface area contributed by atoms with Gasteiger partial charge in [-0.25, -0.2) is 0 Å². The lowest BCUT2D eigenvalue weighted by Gasteiger charge is -2.55. The summed E-state index contributed by atoms with van der Waals surface area (Å²) in [6.07, 6.45) is 1.17. The first-order valence-electron chi connectivity index (χ1n) is 6.85. The highest BCUT2D eigenvalue weighted by Gasteiger charge is 2.53. The fraction of sp³-hybridized carbons (Fsp3) is 0.923. The van der Waals surface area contributed by atoms with Gasteiger partial charge in [-0.05, 0) is 6.42 Å². The summed E-state index contributed by atoms with van der Waals surface area (Å²) in [6, 6.07) is 0.399. The average molecular weight is 237 g/mol. The summed E-state index contributed by atoms with van der Waals surface area (Å²) in [4.78, 5) is 16.7. The quantitative estimate of drug-likeness (QED) is 0.742. The maximum atomic E-state index is 11.4. The maximum Gasteiger partial charge on any atom is 0.217 e. The summed E-state index contributed by atoms with van der Waals surface area (Å²) >= 11 is 0.